The molecule has 0 fully saturated rings. The Morgan fingerprint density at radius 3 is 2.00 bits per heavy atom. The number of carbonyl (C=O) groups excluding carboxylic acids is 1. The largest absolute Gasteiger partial charge is 0.406 e. The van der Waals surface area contributed by atoms with E-state index in [-0.39, 0.29) is 30.1 Å². The summed E-state index contributed by atoms with van der Waals surface area (Å²) in [5.74, 6) is -0.832. The first kappa shape index (κ1) is 24.4. The van der Waals surface area contributed by atoms with E-state index in [1.807, 2.05) is 0 Å². The lowest BCUT2D eigenvalue weighted by Crippen LogP contribution is -2.43. The second-order valence-corrected chi connectivity index (χ2v) is 9.84. The molecule has 1 aromatic rings. The Balaban J connectivity index is 3.41. The van der Waals surface area contributed by atoms with Crippen molar-refractivity contribution in [2.45, 2.75) is 52.6 Å². The molecule has 0 aliphatic rings. The summed E-state index contributed by atoms with van der Waals surface area (Å²) in [4.78, 5) is 13.6. The summed E-state index contributed by atoms with van der Waals surface area (Å²) in [6.45, 7) is 9.15. The minimum absolute atomic E-state index is 0.0401. The zero-order valence-corrected chi connectivity index (χ0v) is 18.0. The molecule has 0 aromatic heterocycles. The van der Waals surface area contributed by atoms with Crippen molar-refractivity contribution in [2.75, 3.05) is 26.2 Å². The number of halogens is 3. The second kappa shape index (κ2) is 8.82. The predicted molar refractivity (Wildman–Crippen MR) is 103 cm³/mol. The quantitative estimate of drug-likeness (QED) is 0.665. The van der Waals surface area contributed by atoms with Gasteiger partial charge in [-0.1, -0.05) is 40.7 Å². The maximum atomic E-state index is 13.0. The van der Waals surface area contributed by atoms with Crippen molar-refractivity contribution in [2.24, 2.45) is 5.41 Å². The van der Waals surface area contributed by atoms with Crippen molar-refractivity contribution in [1.82, 2.24) is 9.21 Å². The topological polar surface area (TPSA) is 57.7 Å². The lowest BCUT2D eigenvalue weighted by atomic mass is 9.95. The third-order valence-electron chi connectivity index (χ3n) is 4.11. The van der Waals surface area contributed by atoms with Crippen LogP contribution in [0.4, 0.5) is 13.2 Å². The van der Waals surface area contributed by atoms with Crippen LogP contribution >= 0.6 is 0 Å². The van der Waals surface area contributed by atoms with Crippen LogP contribution in [-0.4, -0.2) is 55.9 Å². The summed E-state index contributed by atoms with van der Waals surface area (Å²) in [6.07, 6.45) is -4.56. The number of carbonyl (C=O) groups is 1. The van der Waals surface area contributed by atoms with Crippen LogP contribution in [0.15, 0.2) is 23.1 Å². The van der Waals surface area contributed by atoms with E-state index in [0.717, 1.165) is 4.90 Å². The molecule has 0 radical (unpaired) electrons. The smallest absolute Gasteiger partial charge is 0.329 e. The molecule has 0 unspecified atom stereocenters. The number of sulfonamides is 1. The minimum Gasteiger partial charge on any atom is -0.329 e. The van der Waals surface area contributed by atoms with Gasteiger partial charge in [0.05, 0.1) is 4.90 Å². The van der Waals surface area contributed by atoms with Crippen molar-refractivity contribution in [1.29, 1.82) is 0 Å². The van der Waals surface area contributed by atoms with Gasteiger partial charge in [0, 0.05) is 25.2 Å². The Morgan fingerprint density at radius 2 is 1.57 bits per heavy atom. The van der Waals surface area contributed by atoms with Gasteiger partial charge >= 0.3 is 6.18 Å². The summed E-state index contributed by atoms with van der Waals surface area (Å²) in [5, 5.41) is 0. The lowest BCUT2D eigenvalue weighted by molar-refractivity contribution is -0.142. The second-order valence-electron chi connectivity index (χ2n) is 7.90. The number of aryl methyl sites for hydroxylation is 1. The first-order valence-corrected chi connectivity index (χ1v) is 10.5. The first-order valence-electron chi connectivity index (χ1n) is 9.09. The molecule has 28 heavy (non-hydrogen) atoms. The molecule has 1 amide bonds. The molecule has 0 spiro atoms. The number of amides is 1. The van der Waals surface area contributed by atoms with Gasteiger partial charge in [-0.3, -0.25) is 4.79 Å². The van der Waals surface area contributed by atoms with Crippen molar-refractivity contribution in [3.8, 4) is 0 Å². The Hall–Kier alpha value is -1.61. The van der Waals surface area contributed by atoms with E-state index < -0.39 is 34.1 Å². The van der Waals surface area contributed by atoms with E-state index in [0.29, 0.717) is 5.56 Å². The zero-order valence-electron chi connectivity index (χ0n) is 17.2. The number of rotatable bonds is 7. The number of hydrogen-bond donors (Lipinski definition) is 0. The Morgan fingerprint density at radius 1 is 1.04 bits per heavy atom. The van der Waals surface area contributed by atoms with Gasteiger partial charge in [0.15, 0.2) is 0 Å². The fourth-order valence-electron chi connectivity index (χ4n) is 2.86. The Labute approximate surface area is 165 Å². The van der Waals surface area contributed by atoms with E-state index in [2.05, 4.69) is 0 Å². The van der Waals surface area contributed by atoms with Crippen LogP contribution in [0.25, 0.3) is 0 Å². The normalized spacial score (nSPS) is 13.1. The molecule has 1 aromatic carbocycles. The Bertz CT molecular complexity index is 780. The lowest BCUT2D eigenvalue weighted by Gasteiger charge is -2.31. The van der Waals surface area contributed by atoms with Crippen LogP contribution in [0.3, 0.4) is 0 Å². The summed E-state index contributed by atoms with van der Waals surface area (Å²) >= 11 is 0. The molecule has 1 rings (SSSR count). The van der Waals surface area contributed by atoms with E-state index in [1.54, 1.807) is 41.5 Å². The van der Waals surface area contributed by atoms with Gasteiger partial charge < -0.3 is 4.90 Å². The SMILES string of the molecule is CCN(CC)S(=O)(=O)c1ccc(C)c(C(=O)N(CC(C)(C)C)CC(F)(F)F)c1. The third-order valence-corrected chi connectivity index (χ3v) is 6.15. The first-order chi connectivity index (χ1) is 12.6. The maximum Gasteiger partial charge on any atom is 0.406 e. The van der Waals surface area contributed by atoms with Gasteiger partial charge in [-0.25, -0.2) is 8.42 Å². The summed E-state index contributed by atoms with van der Waals surface area (Å²) in [5.41, 5.74) is -0.175. The molecular weight excluding hydrogens is 393 g/mol. The van der Waals surface area contributed by atoms with Crippen molar-refractivity contribution in [3.63, 3.8) is 0 Å². The average molecular weight is 423 g/mol. The standard InChI is InChI=1S/C19H29F3N2O3S/c1-7-24(8-2)28(26,27)15-10-9-14(3)16(11-15)17(25)23(12-18(4,5)6)13-19(20,21)22/h9-11H,7-8,12-13H2,1-6H3. The van der Waals surface area contributed by atoms with Crippen LogP contribution in [0.2, 0.25) is 0 Å². The molecule has 9 heteroatoms. The molecule has 5 nitrogen and oxygen atoms in total. The molecule has 160 valence electrons. The van der Waals surface area contributed by atoms with Gasteiger partial charge in [0.25, 0.3) is 5.91 Å². The molecule has 0 saturated carbocycles. The van der Waals surface area contributed by atoms with Crippen LogP contribution < -0.4 is 0 Å². The predicted octanol–water partition coefficient (Wildman–Crippen LogP) is 4.08. The molecule has 0 N–H and O–H groups in total. The summed E-state index contributed by atoms with van der Waals surface area (Å²) in [7, 11) is -3.83. The van der Waals surface area contributed by atoms with E-state index in [1.165, 1.54) is 22.5 Å². The number of alkyl halides is 3. The molecule has 0 heterocycles. The van der Waals surface area contributed by atoms with Crippen molar-refractivity contribution in [3.05, 3.63) is 29.3 Å². The third kappa shape index (κ3) is 6.48. The van der Waals surface area contributed by atoms with Crippen molar-refractivity contribution >= 4 is 15.9 Å². The molecule has 0 aliphatic carbocycles. The highest BCUT2D eigenvalue weighted by Gasteiger charge is 2.36. The maximum absolute atomic E-state index is 13.0. The molecule has 0 atom stereocenters. The van der Waals surface area contributed by atoms with Gasteiger partial charge in [-0.2, -0.15) is 17.5 Å². The molecular formula is C19H29F3N2O3S. The summed E-state index contributed by atoms with van der Waals surface area (Å²) < 4.78 is 65.8. The van der Waals surface area contributed by atoms with Crippen molar-refractivity contribution < 1.29 is 26.4 Å². The fourth-order valence-corrected chi connectivity index (χ4v) is 4.35. The highest BCUT2D eigenvalue weighted by Crippen LogP contribution is 2.26. The van der Waals surface area contributed by atoms with E-state index >= 15 is 0 Å². The van der Waals surface area contributed by atoms with Gasteiger partial charge in [-0.05, 0) is 30.0 Å². The highest BCUT2D eigenvalue weighted by molar-refractivity contribution is 7.89. The van der Waals surface area contributed by atoms with Crippen LogP contribution in [0, 0.1) is 12.3 Å². The van der Waals surface area contributed by atoms with E-state index in [9.17, 15) is 26.4 Å². The minimum atomic E-state index is -4.56. The number of nitrogens with zero attached hydrogens (tertiary/aromatic N) is 2. The number of benzene rings is 1. The van der Waals surface area contributed by atoms with Gasteiger partial charge in [0.1, 0.15) is 6.54 Å². The van der Waals surface area contributed by atoms with Gasteiger partial charge in [-0.15, -0.1) is 0 Å². The zero-order chi connectivity index (χ0) is 21.9. The highest BCUT2D eigenvalue weighted by atomic mass is 32.2. The average Bonchev–Trinajstić information content (AvgIpc) is 2.52. The fraction of sp³-hybridized carbons (Fsp3) is 0.632. The summed E-state index contributed by atoms with van der Waals surface area (Å²) in [6, 6.07) is 4.00. The molecule has 0 saturated heterocycles. The molecule has 0 bridgehead atoms. The number of hydrogen-bond acceptors (Lipinski definition) is 3. The monoisotopic (exact) mass is 422 g/mol. The van der Waals surface area contributed by atoms with Crippen LogP contribution in [-0.2, 0) is 10.0 Å². The molecule has 0 aliphatic heterocycles. The Kier molecular flexibility index (Phi) is 7.69. The van der Waals surface area contributed by atoms with E-state index in [4.69, 9.17) is 0 Å². The van der Waals surface area contributed by atoms with Crippen LogP contribution in [0.5, 0.6) is 0 Å². The van der Waals surface area contributed by atoms with Gasteiger partial charge in [0.2, 0.25) is 10.0 Å². The van der Waals surface area contributed by atoms with Crippen LogP contribution in [0.1, 0.15) is 50.5 Å².